The fraction of sp³-hybridized carbons (Fsp3) is 0.400. The first-order valence-corrected chi connectivity index (χ1v) is 11.7. The van der Waals surface area contributed by atoms with Gasteiger partial charge in [0.2, 0.25) is 11.7 Å². The maximum absolute atomic E-state index is 13.6. The molecule has 2 aromatic carbocycles. The number of rotatable bonds is 7. The van der Waals surface area contributed by atoms with E-state index in [4.69, 9.17) is 5.73 Å². The smallest absolute Gasteiger partial charge is 0.254 e. The number of nitrogens with one attached hydrogen (secondary N) is 1. The number of primary amides is 1. The molecule has 1 unspecified atom stereocenters. The molecule has 0 spiro atoms. The summed E-state index contributed by atoms with van der Waals surface area (Å²) in [4.78, 5) is 30.1. The van der Waals surface area contributed by atoms with Gasteiger partial charge in [-0.1, -0.05) is 30.3 Å². The summed E-state index contributed by atoms with van der Waals surface area (Å²) in [5.41, 5.74) is 8.87. The number of aromatic amines is 1. The van der Waals surface area contributed by atoms with Crippen molar-refractivity contribution in [2.75, 3.05) is 32.7 Å². The number of carbonyl (C=O) groups excluding carboxylic acids is 2. The molecule has 2 saturated heterocycles. The van der Waals surface area contributed by atoms with E-state index in [9.17, 15) is 9.59 Å². The largest absolute Gasteiger partial charge is 0.366 e. The van der Waals surface area contributed by atoms with Gasteiger partial charge in [-0.05, 0) is 66.6 Å². The van der Waals surface area contributed by atoms with Crippen LogP contribution in [-0.4, -0.2) is 75.0 Å². The van der Waals surface area contributed by atoms with Crippen LogP contribution < -0.4 is 5.73 Å². The van der Waals surface area contributed by atoms with E-state index in [1.165, 1.54) is 5.56 Å². The number of aryl methyl sites for hydroxylation is 1. The van der Waals surface area contributed by atoms with E-state index < -0.39 is 5.91 Å². The molecule has 34 heavy (non-hydrogen) atoms. The summed E-state index contributed by atoms with van der Waals surface area (Å²) in [5, 5.41) is 14.1. The lowest BCUT2D eigenvalue weighted by molar-refractivity contribution is 0.0768. The summed E-state index contributed by atoms with van der Waals surface area (Å²) in [7, 11) is 0. The van der Waals surface area contributed by atoms with Crippen LogP contribution in [0.15, 0.2) is 42.5 Å². The Bertz CT molecular complexity index is 1170. The van der Waals surface area contributed by atoms with Gasteiger partial charge in [0.1, 0.15) is 0 Å². The summed E-state index contributed by atoms with van der Waals surface area (Å²) < 4.78 is 0. The second-order valence-corrected chi connectivity index (χ2v) is 9.34. The monoisotopic (exact) mass is 459 g/mol. The van der Waals surface area contributed by atoms with Gasteiger partial charge in [0, 0.05) is 31.7 Å². The minimum atomic E-state index is -0.616. The standard InChI is InChI=1S/C25H29N7O2/c1-16-20(24-27-29-30-28-24)9-10-21(23(26)33)22(16)25(34)32-14-18-12-31(13-19(18)15-32)11-5-8-17-6-3-2-4-7-17/h2-4,6-7,9-10,18-19H,5,8,11-15H2,1H3,(H2,26,33)(H,27,28,29,30)/t18-,19?/m0/s1. The Morgan fingerprint density at radius 3 is 2.44 bits per heavy atom. The molecule has 3 heterocycles. The lowest BCUT2D eigenvalue weighted by Gasteiger charge is -2.23. The van der Waals surface area contributed by atoms with Crippen molar-refractivity contribution < 1.29 is 9.59 Å². The maximum Gasteiger partial charge on any atom is 0.254 e. The fourth-order valence-electron chi connectivity index (χ4n) is 5.46. The Morgan fingerprint density at radius 2 is 1.79 bits per heavy atom. The van der Waals surface area contributed by atoms with Crippen LogP contribution in [0.25, 0.3) is 11.4 Å². The third-order valence-corrected chi connectivity index (χ3v) is 7.16. The van der Waals surface area contributed by atoms with E-state index in [-0.39, 0.29) is 11.5 Å². The first kappa shape index (κ1) is 22.2. The maximum atomic E-state index is 13.6. The third-order valence-electron chi connectivity index (χ3n) is 7.16. The van der Waals surface area contributed by atoms with E-state index in [1.807, 2.05) is 11.0 Å². The van der Waals surface area contributed by atoms with Crippen LogP contribution in [0.2, 0.25) is 0 Å². The third kappa shape index (κ3) is 4.31. The molecule has 176 valence electrons. The normalized spacial score (nSPS) is 20.0. The van der Waals surface area contributed by atoms with Gasteiger partial charge in [0.05, 0.1) is 11.1 Å². The summed E-state index contributed by atoms with van der Waals surface area (Å²) in [6.45, 7) is 6.29. The number of tetrazole rings is 1. The van der Waals surface area contributed by atoms with E-state index >= 15 is 0 Å². The Labute approximate surface area is 198 Å². The van der Waals surface area contributed by atoms with Crippen LogP contribution in [0.4, 0.5) is 0 Å². The second-order valence-electron chi connectivity index (χ2n) is 9.34. The van der Waals surface area contributed by atoms with Crippen LogP contribution >= 0.6 is 0 Å². The van der Waals surface area contributed by atoms with Gasteiger partial charge in [0.25, 0.3) is 5.91 Å². The van der Waals surface area contributed by atoms with Crippen molar-refractivity contribution in [3.63, 3.8) is 0 Å². The van der Waals surface area contributed by atoms with Crippen LogP contribution in [0.3, 0.4) is 0 Å². The lowest BCUT2D eigenvalue weighted by Crippen LogP contribution is -2.35. The van der Waals surface area contributed by atoms with Gasteiger partial charge >= 0.3 is 0 Å². The minimum Gasteiger partial charge on any atom is -0.366 e. The predicted molar refractivity (Wildman–Crippen MR) is 127 cm³/mol. The van der Waals surface area contributed by atoms with Gasteiger partial charge in [0.15, 0.2) is 0 Å². The molecule has 0 aliphatic carbocycles. The van der Waals surface area contributed by atoms with Gasteiger partial charge in [-0.15, -0.1) is 10.2 Å². The molecule has 1 aromatic heterocycles. The highest BCUT2D eigenvalue weighted by Gasteiger charge is 2.42. The molecular weight excluding hydrogens is 430 g/mol. The molecule has 3 aromatic rings. The minimum absolute atomic E-state index is 0.151. The lowest BCUT2D eigenvalue weighted by atomic mass is 9.95. The van der Waals surface area contributed by atoms with Crippen molar-refractivity contribution in [3.8, 4) is 11.4 Å². The molecular formula is C25H29N7O2. The first-order chi connectivity index (χ1) is 16.5. The van der Waals surface area contributed by atoms with E-state index in [0.717, 1.165) is 32.5 Å². The molecule has 3 N–H and O–H groups in total. The number of aromatic nitrogens is 4. The Morgan fingerprint density at radius 1 is 1.06 bits per heavy atom. The number of amides is 2. The zero-order valence-electron chi connectivity index (χ0n) is 19.3. The number of carbonyl (C=O) groups is 2. The summed E-state index contributed by atoms with van der Waals surface area (Å²) >= 11 is 0. The summed E-state index contributed by atoms with van der Waals surface area (Å²) in [6, 6.07) is 13.9. The first-order valence-electron chi connectivity index (χ1n) is 11.7. The molecule has 2 amide bonds. The Hall–Kier alpha value is -3.59. The predicted octanol–water partition coefficient (Wildman–Crippen LogP) is 1.91. The number of nitrogens with two attached hydrogens (primary N) is 1. The number of H-pyrrole nitrogens is 1. The van der Waals surface area contributed by atoms with Gasteiger partial charge in [-0.3, -0.25) is 9.59 Å². The number of hydrogen-bond donors (Lipinski definition) is 2. The Balaban J connectivity index is 1.25. The van der Waals surface area contributed by atoms with E-state index in [0.29, 0.717) is 47.4 Å². The number of likely N-dealkylation sites (tertiary alicyclic amines) is 2. The molecule has 0 radical (unpaired) electrons. The Kier molecular flexibility index (Phi) is 6.10. The van der Waals surface area contributed by atoms with Crippen LogP contribution in [0.1, 0.15) is 38.3 Å². The van der Waals surface area contributed by atoms with Crippen molar-refractivity contribution in [3.05, 3.63) is 64.7 Å². The average Bonchev–Trinajstić information content (AvgIpc) is 3.56. The van der Waals surface area contributed by atoms with Crippen LogP contribution in [0.5, 0.6) is 0 Å². The zero-order valence-corrected chi connectivity index (χ0v) is 19.3. The highest BCUT2D eigenvalue weighted by molar-refractivity contribution is 6.08. The van der Waals surface area contributed by atoms with Gasteiger partial charge in [-0.25, -0.2) is 0 Å². The van der Waals surface area contributed by atoms with Crippen molar-refractivity contribution in [1.82, 2.24) is 30.4 Å². The molecule has 5 rings (SSSR count). The van der Waals surface area contributed by atoms with Gasteiger partial charge in [-0.2, -0.15) is 5.21 Å². The average molecular weight is 460 g/mol. The second kappa shape index (κ2) is 9.34. The van der Waals surface area contributed by atoms with Crippen molar-refractivity contribution in [2.45, 2.75) is 19.8 Å². The molecule has 9 nitrogen and oxygen atoms in total. The van der Waals surface area contributed by atoms with Crippen LogP contribution in [0, 0.1) is 18.8 Å². The molecule has 0 saturated carbocycles. The van der Waals surface area contributed by atoms with Gasteiger partial charge < -0.3 is 15.5 Å². The van der Waals surface area contributed by atoms with E-state index in [1.54, 1.807) is 19.1 Å². The summed E-state index contributed by atoms with van der Waals surface area (Å²) in [5.74, 6) is 0.528. The number of nitrogens with zero attached hydrogens (tertiary/aromatic N) is 5. The zero-order chi connectivity index (χ0) is 23.7. The SMILES string of the molecule is Cc1c(-c2nn[nH]n2)ccc(C(N)=O)c1C(=O)N1CC2CN(CCCc3ccccc3)C[C@H]2C1. The highest BCUT2D eigenvalue weighted by Crippen LogP contribution is 2.34. The number of hydrogen-bond acceptors (Lipinski definition) is 6. The van der Waals surface area contributed by atoms with Crippen molar-refractivity contribution >= 4 is 11.8 Å². The molecule has 2 fully saturated rings. The van der Waals surface area contributed by atoms with E-state index in [2.05, 4.69) is 49.8 Å². The summed E-state index contributed by atoms with van der Waals surface area (Å²) in [6.07, 6.45) is 2.22. The number of benzene rings is 2. The molecule has 2 aliphatic heterocycles. The molecule has 9 heteroatoms. The fourth-order valence-corrected chi connectivity index (χ4v) is 5.46. The quantitative estimate of drug-likeness (QED) is 0.557. The highest BCUT2D eigenvalue weighted by atomic mass is 16.2. The van der Waals surface area contributed by atoms with Crippen molar-refractivity contribution in [1.29, 1.82) is 0 Å². The molecule has 2 atom stereocenters. The molecule has 2 aliphatic rings. The molecule has 0 bridgehead atoms. The topological polar surface area (TPSA) is 121 Å². The number of fused-ring (bicyclic) bond motifs is 1. The van der Waals surface area contributed by atoms with Crippen LogP contribution in [-0.2, 0) is 6.42 Å². The van der Waals surface area contributed by atoms with Crippen molar-refractivity contribution in [2.24, 2.45) is 17.6 Å².